The fourth-order valence-corrected chi connectivity index (χ4v) is 6.95. The maximum absolute atomic E-state index is 11.5. The van der Waals surface area contributed by atoms with E-state index in [1.54, 1.807) is 74.7 Å². The van der Waals surface area contributed by atoms with E-state index in [1.807, 2.05) is 110 Å². The predicted octanol–water partition coefficient (Wildman–Crippen LogP) is 8.44. The van der Waals surface area contributed by atoms with Gasteiger partial charge in [-0.1, -0.05) is 169 Å². The lowest BCUT2D eigenvalue weighted by atomic mass is 9.86. The highest BCUT2D eigenvalue weighted by Gasteiger charge is 2.45. The predicted molar refractivity (Wildman–Crippen MR) is 215 cm³/mol. The van der Waals surface area contributed by atoms with Gasteiger partial charge in [0.1, 0.15) is 23.9 Å². The molecule has 6 unspecified atom stereocenters. The van der Waals surface area contributed by atoms with Crippen molar-refractivity contribution >= 4 is 0 Å². The van der Waals surface area contributed by atoms with Crippen molar-refractivity contribution in [1.82, 2.24) is 0 Å². The van der Waals surface area contributed by atoms with Crippen LogP contribution in [0.15, 0.2) is 164 Å². The smallest absolute Gasteiger partial charge is 0.226 e. The van der Waals surface area contributed by atoms with E-state index in [9.17, 15) is 20.4 Å². The van der Waals surface area contributed by atoms with Crippen molar-refractivity contribution < 1.29 is 39.4 Å². The highest BCUT2D eigenvalue weighted by atomic mass is 16.7. The molecule has 0 spiro atoms. The fourth-order valence-electron chi connectivity index (χ4n) is 6.95. The average Bonchev–Trinajstić information content (AvgIpc) is 3.25. The first-order valence-electron chi connectivity index (χ1n) is 18.6. The molecule has 6 atom stereocenters. The average molecular weight is 755 g/mol. The van der Waals surface area contributed by atoms with Gasteiger partial charge < -0.3 is 39.4 Å². The van der Waals surface area contributed by atoms with E-state index in [1.165, 1.54) is 7.11 Å². The largest absolute Gasteiger partial charge is 0.385 e. The molecule has 0 bridgehead atoms. The monoisotopic (exact) mass is 754 g/mol. The maximum Gasteiger partial charge on any atom is 0.226 e. The van der Waals surface area contributed by atoms with E-state index >= 15 is 0 Å². The summed E-state index contributed by atoms with van der Waals surface area (Å²) in [5.41, 5.74) is 4.82. The van der Waals surface area contributed by atoms with Crippen LogP contribution in [0.2, 0.25) is 0 Å². The molecule has 0 saturated carbocycles. The summed E-state index contributed by atoms with van der Waals surface area (Å²) in [5.74, 6) is -3.40. The number of hydrogen-bond acceptors (Lipinski definition) is 8. The van der Waals surface area contributed by atoms with Gasteiger partial charge >= 0.3 is 0 Å². The highest BCUT2D eigenvalue weighted by Crippen LogP contribution is 2.44. The van der Waals surface area contributed by atoms with Crippen LogP contribution in [-0.2, 0) is 49.3 Å². The lowest BCUT2D eigenvalue weighted by molar-refractivity contribution is -0.302. The van der Waals surface area contributed by atoms with E-state index in [2.05, 4.69) is 0 Å². The molecular formula is C48H50O8. The molecule has 0 fully saturated rings. The highest BCUT2D eigenvalue weighted by molar-refractivity contribution is 5.34. The van der Waals surface area contributed by atoms with Gasteiger partial charge in [-0.3, -0.25) is 0 Å². The Morgan fingerprint density at radius 3 is 1.45 bits per heavy atom. The normalized spacial score (nSPS) is 16.5. The quantitative estimate of drug-likeness (QED) is 0.0686. The van der Waals surface area contributed by atoms with E-state index in [-0.39, 0.29) is 13.2 Å². The van der Waals surface area contributed by atoms with Gasteiger partial charge in [0.25, 0.3) is 0 Å². The fraction of sp³-hybridized carbons (Fsp3) is 0.250. The maximum atomic E-state index is 11.5. The first-order chi connectivity index (χ1) is 27.0. The van der Waals surface area contributed by atoms with Gasteiger partial charge in [-0.25, -0.2) is 0 Å². The molecule has 6 aromatic carbocycles. The summed E-state index contributed by atoms with van der Waals surface area (Å²) in [5, 5.41) is 45.0. The number of aliphatic hydroxyl groups is 4. The first kappa shape index (κ1) is 40.7. The van der Waals surface area contributed by atoms with Crippen LogP contribution in [-0.4, -0.2) is 34.6 Å². The number of aryl methyl sites for hydroxylation is 1. The molecular weight excluding hydrogens is 705 g/mol. The van der Waals surface area contributed by atoms with Crippen LogP contribution in [0.5, 0.6) is 0 Å². The number of ether oxygens (including phenoxy) is 4. The third-order valence-electron chi connectivity index (χ3n) is 10.4. The molecule has 0 radical (unpaired) electrons. The van der Waals surface area contributed by atoms with Crippen molar-refractivity contribution in [1.29, 1.82) is 0 Å². The summed E-state index contributed by atoms with van der Waals surface area (Å²) in [6, 6.07) is 50.1. The number of rotatable bonds is 17. The summed E-state index contributed by atoms with van der Waals surface area (Å²) in [4.78, 5) is 0. The van der Waals surface area contributed by atoms with Crippen LogP contribution in [0.3, 0.4) is 0 Å². The molecule has 4 N–H and O–H groups in total. The van der Waals surface area contributed by atoms with Crippen molar-refractivity contribution in [3.05, 3.63) is 214 Å². The third kappa shape index (κ3) is 8.69. The molecule has 6 rings (SSSR count). The van der Waals surface area contributed by atoms with Crippen LogP contribution in [0, 0.1) is 6.92 Å². The lowest BCUT2D eigenvalue weighted by Gasteiger charge is -2.40. The van der Waals surface area contributed by atoms with Gasteiger partial charge in [-0.05, 0) is 47.2 Å². The van der Waals surface area contributed by atoms with Gasteiger partial charge in [0.05, 0.1) is 13.2 Å². The van der Waals surface area contributed by atoms with Gasteiger partial charge in [0.2, 0.25) is 11.6 Å². The standard InChI is InChI=1S/C48H50O8/c1-34-20-26-42(27-21-34)48(54-4,56-33-36-22-28-40(29-23-36)46(2,51)43(49)37-14-8-5-9-15-37)45(39-18-12-7-13-19-39)55-32-35-24-30-41(31-25-35)47(52,53-3)44(50)38-16-10-6-11-17-38/h5-31,43-45,49-52H,32-33H2,1-4H3. The number of aliphatic hydroxyl groups excluding tert-OH is 2. The number of benzene rings is 6. The van der Waals surface area contributed by atoms with Gasteiger partial charge in [0.15, 0.2) is 0 Å². The Kier molecular flexibility index (Phi) is 13.0. The molecule has 56 heavy (non-hydrogen) atoms. The Morgan fingerprint density at radius 2 is 0.946 bits per heavy atom. The number of methoxy groups -OCH3 is 2. The van der Waals surface area contributed by atoms with E-state index in [4.69, 9.17) is 18.9 Å². The molecule has 0 aromatic heterocycles. The van der Waals surface area contributed by atoms with Crippen LogP contribution in [0.25, 0.3) is 0 Å². The second-order valence-corrected chi connectivity index (χ2v) is 14.2. The Bertz CT molecular complexity index is 2090. The lowest BCUT2D eigenvalue weighted by Crippen LogP contribution is -2.40. The zero-order chi connectivity index (χ0) is 39.8. The summed E-state index contributed by atoms with van der Waals surface area (Å²) in [6.07, 6.45) is -3.20. The van der Waals surface area contributed by atoms with Crippen LogP contribution in [0.1, 0.15) is 75.3 Å². The Balaban J connectivity index is 1.28. The molecule has 0 aliphatic carbocycles. The van der Waals surface area contributed by atoms with Crippen LogP contribution >= 0.6 is 0 Å². The second-order valence-electron chi connectivity index (χ2n) is 14.2. The van der Waals surface area contributed by atoms with Crippen molar-refractivity contribution in [2.24, 2.45) is 0 Å². The Hall–Kier alpha value is -5.00. The molecule has 0 aliphatic rings. The Morgan fingerprint density at radius 1 is 0.500 bits per heavy atom. The second kappa shape index (κ2) is 17.9. The first-order valence-corrected chi connectivity index (χ1v) is 18.6. The van der Waals surface area contributed by atoms with E-state index < -0.39 is 35.5 Å². The minimum absolute atomic E-state index is 0.131. The minimum atomic E-state index is -1.98. The summed E-state index contributed by atoms with van der Waals surface area (Å²) < 4.78 is 25.5. The zero-order valence-electron chi connectivity index (χ0n) is 32.2. The number of hydrogen-bond donors (Lipinski definition) is 4. The molecule has 8 heteroatoms. The molecule has 0 aliphatic heterocycles. The third-order valence-corrected chi connectivity index (χ3v) is 10.4. The van der Waals surface area contributed by atoms with Gasteiger partial charge in [-0.15, -0.1) is 0 Å². The van der Waals surface area contributed by atoms with Crippen molar-refractivity contribution in [3.63, 3.8) is 0 Å². The molecule has 0 heterocycles. The topological polar surface area (TPSA) is 118 Å². The zero-order valence-corrected chi connectivity index (χ0v) is 32.2. The molecule has 8 nitrogen and oxygen atoms in total. The van der Waals surface area contributed by atoms with Gasteiger partial charge in [0, 0.05) is 25.3 Å². The molecule has 0 amide bonds. The molecule has 6 aromatic rings. The van der Waals surface area contributed by atoms with Crippen molar-refractivity contribution in [2.75, 3.05) is 14.2 Å². The summed E-state index contributed by atoms with van der Waals surface area (Å²) in [6.45, 7) is 3.90. The van der Waals surface area contributed by atoms with Gasteiger partial charge in [-0.2, -0.15) is 0 Å². The van der Waals surface area contributed by atoms with Crippen molar-refractivity contribution in [2.45, 2.75) is 62.5 Å². The van der Waals surface area contributed by atoms with E-state index in [0.29, 0.717) is 22.3 Å². The van der Waals surface area contributed by atoms with Crippen LogP contribution < -0.4 is 0 Å². The van der Waals surface area contributed by atoms with Crippen molar-refractivity contribution in [3.8, 4) is 0 Å². The molecule has 290 valence electrons. The SMILES string of the molecule is COC(O)(c1ccc(COC(c2ccccc2)C(OC)(OCc2ccc(C(C)(O)C(O)c3ccccc3)cc2)c2ccc(C)cc2)cc1)C(O)c1ccccc1. The Labute approximate surface area is 329 Å². The summed E-state index contributed by atoms with van der Waals surface area (Å²) >= 11 is 0. The minimum Gasteiger partial charge on any atom is -0.385 e. The summed E-state index contributed by atoms with van der Waals surface area (Å²) in [7, 11) is 2.96. The van der Waals surface area contributed by atoms with E-state index in [0.717, 1.165) is 27.8 Å². The van der Waals surface area contributed by atoms with Crippen LogP contribution in [0.4, 0.5) is 0 Å². The molecule has 0 saturated heterocycles.